The fourth-order valence-corrected chi connectivity index (χ4v) is 1.21. The second-order valence-corrected chi connectivity index (χ2v) is 3.04. The lowest BCUT2D eigenvalue weighted by Gasteiger charge is -2.14. The van der Waals surface area contributed by atoms with Crippen molar-refractivity contribution in [3.8, 4) is 0 Å². The number of carbonyl (C=O) groups excluding carboxylic acids is 1. The Hall–Kier alpha value is -1.38. The average Bonchev–Trinajstić information content (AvgIpc) is 2.25. The summed E-state index contributed by atoms with van der Waals surface area (Å²) in [7, 11) is 0. The minimum atomic E-state index is -0.396. The van der Waals surface area contributed by atoms with Crippen LogP contribution in [-0.4, -0.2) is 24.5 Å². The average molecular weight is 194 g/mol. The van der Waals surface area contributed by atoms with Crippen molar-refractivity contribution in [1.82, 2.24) is 4.90 Å². The lowest BCUT2D eigenvalue weighted by molar-refractivity contribution is 0.344. The number of nitrogens with zero attached hydrogens (tertiary/aromatic N) is 1. The van der Waals surface area contributed by atoms with Crippen LogP contribution >= 0.6 is 0 Å². The number of halogens is 1. The first kappa shape index (κ1) is 10.7. The van der Waals surface area contributed by atoms with Gasteiger partial charge in [0.25, 0.3) is 0 Å². The fourth-order valence-electron chi connectivity index (χ4n) is 1.21. The fraction of sp³-hybridized carbons (Fsp3) is 0.364. The molecular formula is C11H13FNO. The van der Waals surface area contributed by atoms with Gasteiger partial charge in [0.15, 0.2) is 0 Å². The maximum atomic E-state index is 11.9. The topological polar surface area (TPSA) is 20.3 Å². The van der Waals surface area contributed by atoms with E-state index < -0.39 is 6.67 Å². The second-order valence-electron chi connectivity index (χ2n) is 3.04. The molecule has 1 radical (unpaired) electrons. The summed E-state index contributed by atoms with van der Waals surface area (Å²) in [6.45, 7) is 0.534. The molecule has 0 aliphatic heterocycles. The molecule has 0 unspecified atom stereocenters. The molecule has 1 aromatic carbocycles. The number of benzene rings is 1. The molecule has 75 valence electrons. The van der Waals surface area contributed by atoms with Crippen LogP contribution in [0.3, 0.4) is 0 Å². The minimum absolute atomic E-state index is 0.377. The zero-order chi connectivity index (χ0) is 10.2. The predicted octanol–water partition coefficient (Wildman–Crippen LogP) is 1.92. The number of amides is 1. The van der Waals surface area contributed by atoms with Crippen molar-refractivity contribution in [2.75, 3.05) is 13.2 Å². The summed E-state index contributed by atoms with van der Waals surface area (Å²) in [4.78, 5) is 11.9. The zero-order valence-electron chi connectivity index (χ0n) is 7.95. The van der Waals surface area contributed by atoms with Crippen LogP contribution in [-0.2, 0) is 11.3 Å². The van der Waals surface area contributed by atoms with Crippen molar-refractivity contribution in [1.29, 1.82) is 0 Å². The van der Waals surface area contributed by atoms with Crippen molar-refractivity contribution in [3.63, 3.8) is 0 Å². The predicted molar refractivity (Wildman–Crippen MR) is 53.1 cm³/mol. The molecule has 0 N–H and O–H groups in total. The van der Waals surface area contributed by atoms with Crippen LogP contribution in [0.2, 0.25) is 0 Å². The van der Waals surface area contributed by atoms with E-state index in [1.54, 1.807) is 6.41 Å². The van der Waals surface area contributed by atoms with E-state index in [0.717, 1.165) is 5.56 Å². The first-order chi connectivity index (χ1) is 6.86. The van der Waals surface area contributed by atoms with Gasteiger partial charge in [0, 0.05) is 13.1 Å². The summed E-state index contributed by atoms with van der Waals surface area (Å²) in [6.07, 6.45) is 2.18. The molecule has 3 heteroatoms. The second kappa shape index (κ2) is 6.13. The minimum Gasteiger partial charge on any atom is -0.330 e. The zero-order valence-corrected chi connectivity index (χ0v) is 7.95. The van der Waals surface area contributed by atoms with Gasteiger partial charge in [0.2, 0.25) is 0 Å². The number of hydrogen-bond donors (Lipinski definition) is 0. The maximum absolute atomic E-state index is 11.9. The van der Waals surface area contributed by atoms with E-state index in [1.807, 2.05) is 30.3 Å². The highest BCUT2D eigenvalue weighted by Crippen LogP contribution is 2.03. The lowest BCUT2D eigenvalue weighted by atomic mass is 10.2. The summed E-state index contributed by atoms with van der Waals surface area (Å²) < 4.78 is 11.9. The maximum Gasteiger partial charge on any atom is 0.312 e. The third-order valence-electron chi connectivity index (χ3n) is 1.91. The monoisotopic (exact) mass is 194 g/mol. The molecule has 2 nitrogen and oxygen atoms in total. The van der Waals surface area contributed by atoms with E-state index >= 15 is 0 Å². The molecule has 0 bridgehead atoms. The largest absolute Gasteiger partial charge is 0.330 e. The van der Waals surface area contributed by atoms with Crippen LogP contribution in [0.4, 0.5) is 4.39 Å². The van der Waals surface area contributed by atoms with Crippen LogP contribution in [0.15, 0.2) is 30.3 Å². The van der Waals surface area contributed by atoms with E-state index in [-0.39, 0.29) is 0 Å². The Morgan fingerprint density at radius 2 is 2.00 bits per heavy atom. The first-order valence-corrected chi connectivity index (χ1v) is 4.59. The number of alkyl halides is 1. The molecule has 0 aromatic heterocycles. The highest BCUT2D eigenvalue weighted by atomic mass is 19.1. The van der Waals surface area contributed by atoms with E-state index in [9.17, 15) is 9.18 Å². The number of hydrogen-bond acceptors (Lipinski definition) is 1. The van der Waals surface area contributed by atoms with Gasteiger partial charge in [-0.3, -0.25) is 9.18 Å². The van der Waals surface area contributed by atoms with Gasteiger partial charge in [-0.05, 0) is 12.0 Å². The standard InChI is InChI=1S/C11H13FNO/c12-7-4-8-13(10-14)9-11-5-2-1-3-6-11/h1-3,5-6H,4,7-9H2. The van der Waals surface area contributed by atoms with Gasteiger partial charge in [0.1, 0.15) is 0 Å². The first-order valence-electron chi connectivity index (χ1n) is 4.59. The molecule has 0 spiro atoms. The van der Waals surface area contributed by atoms with Gasteiger partial charge < -0.3 is 4.90 Å². The van der Waals surface area contributed by atoms with Gasteiger partial charge in [-0.15, -0.1) is 0 Å². The Bertz CT molecular complexity index is 263. The molecule has 0 saturated heterocycles. The highest BCUT2D eigenvalue weighted by Gasteiger charge is 2.02. The molecule has 0 aliphatic carbocycles. The van der Waals surface area contributed by atoms with Crippen molar-refractivity contribution in [2.45, 2.75) is 13.0 Å². The van der Waals surface area contributed by atoms with Crippen LogP contribution < -0.4 is 0 Å². The molecule has 0 fully saturated rings. The summed E-state index contributed by atoms with van der Waals surface area (Å²) >= 11 is 0. The summed E-state index contributed by atoms with van der Waals surface area (Å²) in [5.74, 6) is 0. The van der Waals surface area contributed by atoms with Crippen molar-refractivity contribution < 1.29 is 9.18 Å². The molecule has 0 atom stereocenters. The number of rotatable bonds is 6. The van der Waals surface area contributed by atoms with Gasteiger partial charge >= 0.3 is 6.41 Å². The summed E-state index contributed by atoms with van der Waals surface area (Å²) in [6, 6.07) is 9.60. The molecule has 14 heavy (non-hydrogen) atoms. The third kappa shape index (κ3) is 3.56. The van der Waals surface area contributed by atoms with Crippen LogP contribution in [0, 0.1) is 0 Å². The van der Waals surface area contributed by atoms with Crippen LogP contribution in [0.1, 0.15) is 12.0 Å². The molecule has 0 aliphatic rings. The van der Waals surface area contributed by atoms with E-state index in [4.69, 9.17) is 0 Å². The van der Waals surface area contributed by atoms with Crippen molar-refractivity contribution in [2.24, 2.45) is 0 Å². The Kier molecular flexibility index (Phi) is 4.69. The highest BCUT2D eigenvalue weighted by molar-refractivity contribution is 5.48. The molecule has 0 saturated carbocycles. The van der Waals surface area contributed by atoms with Crippen molar-refractivity contribution >= 4 is 6.41 Å². The van der Waals surface area contributed by atoms with Crippen LogP contribution in [0.25, 0.3) is 0 Å². The van der Waals surface area contributed by atoms with Gasteiger partial charge in [-0.1, -0.05) is 30.3 Å². The Morgan fingerprint density at radius 3 is 2.57 bits per heavy atom. The normalized spacial score (nSPS) is 9.79. The summed E-state index contributed by atoms with van der Waals surface area (Å²) in [5, 5.41) is 0. The Balaban J connectivity index is 2.44. The third-order valence-corrected chi connectivity index (χ3v) is 1.91. The van der Waals surface area contributed by atoms with Gasteiger partial charge in [-0.25, -0.2) is 0 Å². The van der Waals surface area contributed by atoms with Crippen molar-refractivity contribution in [3.05, 3.63) is 35.9 Å². The lowest BCUT2D eigenvalue weighted by Crippen LogP contribution is -2.22. The summed E-state index contributed by atoms with van der Waals surface area (Å²) in [5.41, 5.74) is 1.04. The smallest absolute Gasteiger partial charge is 0.312 e. The SMILES string of the molecule is O=[C]N(CCCF)Cc1ccccc1. The Morgan fingerprint density at radius 1 is 1.29 bits per heavy atom. The quantitative estimate of drug-likeness (QED) is 0.633. The van der Waals surface area contributed by atoms with E-state index in [2.05, 4.69) is 0 Å². The molecule has 1 aromatic rings. The molecular weight excluding hydrogens is 181 g/mol. The van der Waals surface area contributed by atoms with E-state index in [0.29, 0.717) is 19.5 Å². The molecule has 1 amide bonds. The van der Waals surface area contributed by atoms with Gasteiger partial charge in [-0.2, -0.15) is 0 Å². The van der Waals surface area contributed by atoms with Crippen LogP contribution in [0.5, 0.6) is 0 Å². The molecule has 0 heterocycles. The Labute approximate surface area is 83.3 Å². The van der Waals surface area contributed by atoms with E-state index in [1.165, 1.54) is 4.90 Å². The molecule has 1 rings (SSSR count). The van der Waals surface area contributed by atoms with Gasteiger partial charge in [0.05, 0.1) is 6.67 Å².